The van der Waals surface area contributed by atoms with Crippen molar-refractivity contribution in [3.05, 3.63) is 106 Å². The smallest absolute Gasteiger partial charge is 0.243 e. The monoisotopic (exact) mass is 490 g/mol. The molecule has 0 bridgehead atoms. The van der Waals surface area contributed by atoms with E-state index in [1.165, 1.54) is 0 Å². The highest BCUT2D eigenvalue weighted by atomic mass is 35.5. The van der Waals surface area contributed by atoms with Gasteiger partial charge in [-0.3, -0.25) is 9.59 Å². The quantitative estimate of drug-likeness (QED) is 0.384. The SMILES string of the molecule is Cc1cc(C)cc(CC(=O)N(Cc2cccc(Cl)c2)C(Cc2ccccc2)C(=O)NCC(C)C)c1. The fraction of sp³-hybridized carbons (Fsp3) is 0.333. The molecule has 1 N–H and O–H groups in total. The number of hydrogen-bond acceptors (Lipinski definition) is 2. The number of halogens is 1. The van der Waals surface area contributed by atoms with Crippen molar-refractivity contribution >= 4 is 23.4 Å². The van der Waals surface area contributed by atoms with Gasteiger partial charge in [0.1, 0.15) is 6.04 Å². The maximum atomic E-state index is 13.8. The fourth-order valence-electron chi connectivity index (χ4n) is 4.26. The molecule has 2 amide bonds. The normalized spacial score (nSPS) is 11.8. The predicted molar refractivity (Wildman–Crippen MR) is 143 cm³/mol. The van der Waals surface area contributed by atoms with Crippen LogP contribution in [0.1, 0.15) is 41.7 Å². The maximum Gasteiger partial charge on any atom is 0.243 e. The van der Waals surface area contributed by atoms with Crippen LogP contribution in [0.4, 0.5) is 0 Å². The highest BCUT2D eigenvalue weighted by Gasteiger charge is 2.30. The summed E-state index contributed by atoms with van der Waals surface area (Å²) in [6.45, 7) is 9.03. The second-order valence-corrected chi connectivity index (χ2v) is 10.1. The number of hydrogen-bond donors (Lipinski definition) is 1. The minimum atomic E-state index is -0.645. The first-order chi connectivity index (χ1) is 16.7. The van der Waals surface area contributed by atoms with E-state index in [1.54, 1.807) is 4.90 Å². The van der Waals surface area contributed by atoms with Crippen LogP contribution >= 0.6 is 11.6 Å². The van der Waals surface area contributed by atoms with E-state index >= 15 is 0 Å². The lowest BCUT2D eigenvalue weighted by Crippen LogP contribution is -2.51. The zero-order valence-electron chi connectivity index (χ0n) is 21.1. The van der Waals surface area contributed by atoms with Crippen molar-refractivity contribution in [1.29, 1.82) is 0 Å². The Morgan fingerprint density at radius 1 is 0.857 bits per heavy atom. The summed E-state index contributed by atoms with van der Waals surface area (Å²) >= 11 is 6.25. The molecule has 4 nitrogen and oxygen atoms in total. The minimum absolute atomic E-state index is 0.0874. The third-order valence-electron chi connectivity index (χ3n) is 5.83. The van der Waals surface area contributed by atoms with Crippen molar-refractivity contribution in [2.45, 2.75) is 53.1 Å². The predicted octanol–water partition coefficient (Wildman–Crippen LogP) is 5.91. The van der Waals surface area contributed by atoms with Crippen LogP contribution < -0.4 is 5.32 Å². The number of carbonyl (C=O) groups is 2. The molecule has 5 heteroatoms. The minimum Gasteiger partial charge on any atom is -0.354 e. The molecule has 184 valence electrons. The second kappa shape index (κ2) is 12.6. The lowest BCUT2D eigenvalue weighted by atomic mass is 10.00. The number of aryl methyl sites for hydroxylation is 2. The Morgan fingerprint density at radius 3 is 2.14 bits per heavy atom. The van der Waals surface area contributed by atoms with Crippen LogP contribution in [0.3, 0.4) is 0 Å². The van der Waals surface area contributed by atoms with Gasteiger partial charge in [-0.25, -0.2) is 0 Å². The number of nitrogens with zero attached hydrogens (tertiary/aromatic N) is 1. The van der Waals surface area contributed by atoms with E-state index in [0.717, 1.165) is 27.8 Å². The molecule has 1 unspecified atom stereocenters. The van der Waals surface area contributed by atoms with E-state index in [9.17, 15) is 9.59 Å². The first-order valence-electron chi connectivity index (χ1n) is 12.1. The van der Waals surface area contributed by atoms with Crippen molar-refractivity contribution in [2.75, 3.05) is 6.54 Å². The molecule has 0 heterocycles. The molecule has 3 aromatic rings. The van der Waals surface area contributed by atoms with Crippen LogP contribution in [-0.2, 0) is 29.0 Å². The fourth-order valence-corrected chi connectivity index (χ4v) is 4.47. The van der Waals surface area contributed by atoms with Gasteiger partial charge in [-0.15, -0.1) is 0 Å². The van der Waals surface area contributed by atoms with Gasteiger partial charge in [0, 0.05) is 24.5 Å². The van der Waals surface area contributed by atoms with Crippen molar-refractivity contribution < 1.29 is 9.59 Å². The number of carbonyl (C=O) groups excluding carboxylic acids is 2. The number of rotatable bonds is 10. The Hall–Kier alpha value is -3.11. The van der Waals surface area contributed by atoms with E-state index in [0.29, 0.717) is 30.5 Å². The molecule has 35 heavy (non-hydrogen) atoms. The summed E-state index contributed by atoms with van der Waals surface area (Å²) in [7, 11) is 0. The third-order valence-corrected chi connectivity index (χ3v) is 6.07. The molecule has 0 spiro atoms. The Kier molecular flexibility index (Phi) is 9.50. The van der Waals surface area contributed by atoms with Crippen molar-refractivity contribution in [3.63, 3.8) is 0 Å². The van der Waals surface area contributed by atoms with E-state index in [1.807, 2.05) is 80.6 Å². The summed E-state index contributed by atoms with van der Waals surface area (Å²) in [4.78, 5) is 29.0. The topological polar surface area (TPSA) is 49.4 Å². The number of benzene rings is 3. The lowest BCUT2D eigenvalue weighted by Gasteiger charge is -2.32. The molecule has 3 rings (SSSR count). The average Bonchev–Trinajstić information content (AvgIpc) is 2.79. The van der Waals surface area contributed by atoms with Gasteiger partial charge in [-0.05, 0) is 48.6 Å². The molecule has 1 atom stereocenters. The molecule has 0 fully saturated rings. The Morgan fingerprint density at radius 2 is 1.51 bits per heavy atom. The first kappa shape index (κ1) is 26.5. The van der Waals surface area contributed by atoms with Crippen molar-refractivity contribution in [2.24, 2.45) is 5.92 Å². The van der Waals surface area contributed by atoms with Gasteiger partial charge in [0.2, 0.25) is 11.8 Å². The molecule has 0 aliphatic rings. The molecule has 0 radical (unpaired) electrons. The summed E-state index contributed by atoms with van der Waals surface area (Å²) in [5.41, 5.74) is 5.08. The summed E-state index contributed by atoms with van der Waals surface area (Å²) in [6.07, 6.45) is 0.662. The summed E-state index contributed by atoms with van der Waals surface area (Å²) in [5, 5.41) is 3.66. The molecule has 0 aromatic heterocycles. The molecule has 0 saturated heterocycles. The van der Waals surface area contributed by atoms with Gasteiger partial charge in [-0.2, -0.15) is 0 Å². The van der Waals surface area contributed by atoms with Gasteiger partial charge in [0.05, 0.1) is 6.42 Å². The Bertz CT molecular complexity index is 1120. The Balaban J connectivity index is 1.97. The largest absolute Gasteiger partial charge is 0.354 e. The summed E-state index contributed by atoms with van der Waals surface area (Å²) in [6, 6.07) is 22.8. The van der Waals surface area contributed by atoms with Crippen LogP contribution in [0, 0.1) is 19.8 Å². The highest BCUT2D eigenvalue weighted by Crippen LogP contribution is 2.19. The van der Waals surface area contributed by atoms with E-state index in [2.05, 4.69) is 25.2 Å². The molecule has 0 aliphatic heterocycles. The van der Waals surface area contributed by atoms with Gasteiger partial charge in [0.15, 0.2) is 0 Å². The number of nitrogens with one attached hydrogen (secondary N) is 1. The second-order valence-electron chi connectivity index (χ2n) is 9.67. The van der Waals surface area contributed by atoms with Crippen LogP contribution in [0.2, 0.25) is 5.02 Å². The molecule has 0 saturated carbocycles. The maximum absolute atomic E-state index is 13.8. The highest BCUT2D eigenvalue weighted by molar-refractivity contribution is 6.30. The standard InChI is InChI=1S/C30H35ClN2O2/c1-21(2)19-32-30(35)28(17-24-9-6-5-7-10-24)33(20-25-11-8-12-27(31)16-25)29(34)18-26-14-22(3)13-23(4)15-26/h5-16,21,28H,17-20H2,1-4H3,(H,32,35). The average molecular weight is 491 g/mol. The first-order valence-corrected chi connectivity index (χ1v) is 12.5. The van der Waals surface area contributed by atoms with E-state index in [-0.39, 0.29) is 18.2 Å². The zero-order valence-corrected chi connectivity index (χ0v) is 21.8. The van der Waals surface area contributed by atoms with E-state index < -0.39 is 6.04 Å². The number of amides is 2. The van der Waals surface area contributed by atoms with Gasteiger partial charge >= 0.3 is 0 Å². The third kappa shape index (κ3) is 8.25. The molecular formula is C30H35ClN2O2. The van der Waals surface area contributed by atoms with Crippen LogP contribution in [0.5, 0.6) is 0 Å². The van der Waals surface area contributed by atoms with Gasteiger partial charge < -0.3 is 10.2 Å². The van der Waals surface area contributed by atoms with Crippen LogP contribution in [0.25, 0.3) is 0 Å². The van der Waals surface area contributed by atoms with Crippen LogP contribution in [-0.4, -0.2) is 29.3 Å². The van der Waals surface area contributed by atoms with Gasteiger partial charge in [0.25, 0.3) is 0 Å². The zero-order chi connectivity index (χ0) is 25.4. The molecular weight excluding hydrogens is 456 g/mol. The van der Waals surface area contributed by atoms with Crippen molar-refractivity contribution in [1.82, 2.24) is 10.2 Å². The lowest BCUT2D eigenvalue weighted by molar-refractivity contribution is -0.140. The molecule has 0 aliphatic carbocycles. The summed E-state index contributed by atoms with van der Waals surface area (Å²) in [5.74, 6) is 0.0811. The van der Waals surface area contributed by atoms with Crippen LogP contribution in [0.15, 0.2) is 72.8 Å². The van der Waals surface area contributed by atoms with Crippen molar-refractivity contribution in [3.8, 4) is 0 Å². The molecule has 3 aromatic carbocycles. The Labute approximate surface area is 214 Å². The van der Waals surface area contributed by atoms with E-state index in [4.69, 9.17) is 11.6 Å². The summed E-state index contributed by atoms with van der Waals surface area (Å²) < 4.78 is 0. The van der Waals surface area contributed by atoms with Gasteiger partial charge in [-0.1, -0.05) is 97.2 Å².